The lowest BCUT2D eigenvalue weighted by Gasteiger charge is -2.06. The highest BCUT2D eigenvalue weighted by Gasteiger charge is 2.10. The molecule has 0 unspecified atom stereocenters. The van der Waals surface area contributed by atoms with Crippen LogP contribution in [0.5, 0.6) is 5.75 Å². The average Bonchev–Trinajstić information content (AvgIpc) is 3.25. The molecule has 0 fully saturated rings. The van der Waals surface area contributed by atoms with Gasteiger partial charge in [-0.1, -0.05) is 23.5 Å². The molecule has 1 aromatic carbocycles. The van der Waals surface area contributed by atoms with E-state index >= 15 is 0 Å². The van der Waals surface area contributed by atoms with E-state index in [0.29, 0.717) is 23.1 Å². The first kappa shape index (κ1) is 16.2. The number of amides is 1. The summed E-state index contributed by atoms with van der Waals surface area (Å²) < 4.78 is 7.72. The molecule has 3 heterocycles. The predicted molar refractivity (Wildman–Crippen MR) is 98.6 cm³/mol. The SMILES string of the molecule is Cc1nnc(NC(=O)c2cccc(OCc3cn4ccccc4n3)c2)s1. The Morgan fingerprint density at radius 2 is 2.15 bits per heavy atom. The third kappa shape index (κ3) is 3.55. The topological polar surface area (TPSA) is 81.4 Å². The van der Waals surface area contributed by atoms with Crippen molar-refractivity contribution >= 4 is 28.0 Å². The summed E-state index contributed by atoms with van der Waals surface area (Å²) in [6, 6.07) is 12.8. The molecule has 26 heavy (non-hydrogen) atoms. The van der Waals surface area contributed by atoms with E-state index in [1.807, 2.05) is 48.0 Å². The van der Waals surface area contributed by atoms with Crippen molar-refractivity contribution in [2.24, 2.45) is 0 Å². The van der Waals surface area contributed by atoms with E-state index in [9.17, 15) is 4.79 Å². The minimum Gasteiger partial charge on any atom is -0.487 e. The van der Waals surface area contributed by atoms with Gasteiger partial charge in [0.15, 0.2) is 0 Å². The number of nitrogens with one attached hydrogen (secondary N) is 1. The number of carbonyl (C=O) groups excluding carboxylic acids is 1. The Morgan fingerprint density at radius 1 is 1.23 bits per heavy atom. The minimum atomic E-state index is -0.251. The molecule has 0 saturated heterocycles. The summed E-state index contributed by atoms with van der Waals surface area (Å²) in [5, 5.41) is 11.8. The van der Waals surface area contributed by atoms with Gasteiger partial charge in [0.2, 0.25) is 5.13 Å². The van der Waals surface area contributed by atoms with Crippen LogP contribution < -0.4 is 10.1 Å². The maximum Gasteiger partial charge on any atom is 0.257 e. The second kappa shape index (κ2) is 6.93. The molecule has 0 aliphatic carbocycles. The van der Waals surface area contributed by atoms with Crippen molar-refractivity contribution in [2.75, 3.05) is 5.32 Å². The molecule has 7 nitrogen and oxygen atoms in total. The zero-order valence-electron chi connectivity index (χ0n) is 13.9. The fourth-order valence-electron chi connectivity index (χ4n) is 2.46. The summed E-state index contributed by atoms with van der Waals surface area (Å²) in [6.45, 7) is 2.16. The van der Waals surface area contributed by atoms with Crippen LogP contribution in [0.25, 0.3) is 5.65 Å². The van der Waals surface area contributed by atoms with E-state index in [1.54, 1.807) is 18.2 Å². The molecule has 3 aromatic heterocycles. The largest absolute Gasteiger partial charge is 0.487 e. The van der Waals surface area contributed by atoms with E-state index in [-0.39, 0.29) is 5.91 Å². The van der Waals surface area contributed by atoms with Crippen LogP contribution in [0.3, 0.4) is 0 Å². The van der Waals surface area contributed by atoms with Gasteiger partial charge in [0, 0.05) is 18.0 Å². The van der Waals surface area contributed by atoms with E-state index in [4.69, 9.17) is 4.74 Å². The third-order valence-corrected chi connectivity index (χ3v) is 4.40. The molecular formula is C18H15N5O2S. The summed E-state index contributed by atoms with van der Waals surface area (Å²) >= 11 is 1.33. The number of fused-ring (bicyclic) bond motifs is 1. The van der Waals surface area contributed by atoms with Gasteiger partial charge in [0.1, 0.15) is 23.0 Å². The zero-order chi connectivity index (χ0) is 17.9. The fourth-order valence-corrected chi connectivity index (χ4v) is 3.04. The number of benzene rings is 1. The first-order chi connectivity index (χ1) is 12.7. The van der Waals surface area contributed by atoms with Gasteiger partial charge in [0.05, 0.1) is 5.69 Å². The molecule has 0 aliphatic rings. The van der Waals surface area contributed by atoms with E-state index in [1.165, 1.54) is 11.3 Å². The number of nitrogens with zero attached hydrogens (tertiary/aromatic N) is 4. The number of ether oxygens (including phenoxy) is 1. The molecule has 130 valence electrons. The first-order valence-electron chi connectivity index (χ1n) is 7.94. The van der Waals surface area contributed by atoms with Crippen LogP contribution in [0.1, 0.15) is 21.1 Å². The van der Waals surface area contributed by atoms with Crippen LogP contribution >= 0.6 is 11.3 Å². The van der Waals surface area contributed by atoms with Crippen molar-refractivity contribution in [1.29, 1.82) is 0 Å². The summed E-state index contributed by atoms with van der Waals surface area (Å²) in [6.07, 6.45) is 3.86. The van der Waals surface area contributed by atoms with Gasteiger partial charge in [-0.15, -0.1) is 10.2 Å². The van der Waals surface area contributed by atoms with Gasteiger partial charge in [-0.05, 0) is 37.3 Å². The molecule has 4 aromatic rings. The Labute approximate surface area is 153 Å². The maximum atomic E-state index is 12.3. The summed E-state index contributed by atoms with van der Waals surface area (Å²) in [7, 11) is 0. The monoisotopic (exact) mass is 365 g/mol. The Balaban J connectivity index is 1.44. The van der Waals surface area contributed by atoms with Crippen molar-refractivity contribution < 1.29 is 9.53 Å². The highest BCUT2D eigenvalue weighted by molar-refractivity contribution is 7.15. The van der Waals surface area contributed by atoms with Crippen molar-refractivity contribution in [3.8, 4) is 5.75 Å². The standard InChI is InChI=1S/C18H15N5O2S/c1-12-21-22-18(26-12)20-17(24)13-5-4-6-15(9-13)25-11-14-10-23-8-3-2-7-16(23)19-14/h2-10H,11H2,1H3,(H,20,22,24). The number of pyridine rings is 1. The molecule has 1 N–H and O–H groups in total. The highest BCUT2D eigenvalue weighted by Crippen LogP contribution is 2.18. The number of aryl methyl sites for hydroxylation is 1. The Bertz CT molecular complexity index is 1040. The van der Waals surface area contributed by atoms with Gasteiger partial charge < -0.3 is 9.14 Å². The minimum absolute atomic E-state index is 0.251. The lowest BCUT2D eigenvalue weighted by Crippen LogP contribution is -2.11. The number of carbonyl (C=O) groups is 1. The highest BCUT2D eigenvalue weighted by atomic mass is 32.1. The average molecular weight is 365 g/mol. The van der Waals surface area contributed by atoms with E-state index in [0.717, 1.165) is 16.3 Å². The summed E-state index contributed by atoms with van der Waals surface area (Å²) in [5.74, 6) is 0.350. The molecule has 8 heteroatoms. The molecule has 0 bridgehead atoms. The number of imidazole rings is 1. The van der Waals surface area contributed by atoms with Crippen LogP contribution in [0, 0.1) is 6.92 Å². The van der Waals surface area contributed by atoms with Crippen LogP contribution in [0.4, 0.5) is 5.13 Å². The van der Waals surface area contributed by atoms with E-state index < -0.39 is 0 Å². The van der Waals surface area contributed by atoms with Crippen LogP contribution in [-0.4, -0.2) is 25.5 Å². The molecular weight excluding hydrogens is 350 g/mol. The van der Waals surface area contributed by atoms with Gasteiger partial charge in [-0.3, -0.25) is 10.1 Å². The van der Waals surface area contributed by atoms with Crippen LogP contribution in [0.2, 0.25) is 0 Å². The van der Waals surface area contributed by atoms with Crippen molar-refractivity contribution in [2.45, 2.75) is 13.5 Å². The summed E-state index contributed by atoms with van der Waals surface area (Å²) in [4.78, 5) is 16.8. The Hall–Kier alpha value is -3.26. The van der Waals surface area contributed by atoms with Crippen LogP contribution in [-0.2, 0) is 6.61 Å². The molecule has 0 saturated carbocycles. The predicted octanol–water partition coefficient (Wildman–Crippen LogP) is 3.33. The van der Waals surface area contributed by atoms with Crippen molar-refractivity contribution in [1.82, 2.24) is 19.6 Å². The number of hydrogen-bond acceptors (Lipinski definition) is 6. The number of rotatable bonds is 5. The molecule has 0 radical (unpaired) electrons. The van der Waals surface area contributed by atoms with Gasteiger partial charge >= 0.3 is 0 Å². The van der Waals surface area contributed by atoms with Gasteiger partial charge in [0.25, 0.3) is 5.91 Å². The summed E-state index contributed by atoms with van der Waals surface area (Å²) in [5.41, 5.74) is 2.17. The second-order valence-electron chi connectivity index (χ2n) is 5.60. The molecule has 0 atom stereocenters. The van der Waals surface area contributed by atoms with Crippen molar-refractivity contribution in [3.63, 3.8) is 0 Å². The maximum absolute atomic E-state index is 12.3. The second-order valence-corrected chi connectivity index (χ2v) is 6.78. The van der Waals surface area contributed by atoms with Gasteiger partial charge in [-0.2, -0.15) is 0 Å². The first-order valence-corrected chi connectivity index (χ1v) is 8.76. The lowest BCUT2D eigenvalue weighted by atomic mass is 10.2. The van der Waals surface area contributed by atoms with Crippen LogP contribution in [0.15, 0.2) is 54.9 Å². The van der Waals surface area contributed by atoms with Crippen molar-refractivity contribution in [3.05, 3.63) is 71.1 Å². The zero-order valence-corrected chi connectivity index (χ0v) is 14.7. The smallest absolute Gasteiger partial charge is 0.257 e. The molecule has 4 rings (SSSR count). The number of aromatic nitrogens is 4. The quantitative estimate of drug-likeness (QED) is 0.587. The van der Waals surface area contributed by atoms with E-state index in [2.05, 4.69) is 20.5 Å². The molecule has 1 amide bonds. The lowest BCUT2D eigenvalue weighted by molar-refractivity contribution is 0.102. The normalized spacial score (nSPS) is 10.8. The third-order valence-electron chi connectivity index (χ3n) is 3.64. The number of hydrogen-bond donors (Lipinski definition) is 1. The fraction of sp³-hybridized carbons (Fsp3) is 0.111. The molecule has 0 spiro atoms. The number of anilines is 1. The molecule has 0 aliphatic heterocycles. The Kier molecular flexibility index (Phi) is 4.32. The Morgan fingerprint density at radius 3 is 2.96 bits per heavy atom. The van der Waals surface area contributed by atoms with Gasteiger partial charge in [-0.25, -0.2) is 4.98 Å².